The van der Waals surface area contributed by atoms with Crippen molar-refractivity contribution in [2.24, 2.45) is 0 Å². The van der Waals surface area contributed by atoms with Gasteiger partial charge >= 0.3 is 0 Å². The first-order valence-corrected chi connectivity index (χ1v) is 9.08. The minimum atomic E-state index is -0.315. The van der Waals surface area contributed by atoms with Crippen LogP contribution >= 0.6 is 0 Å². The molecule has 0 radical (unpaired) electrons. The molecule has 0 spiro atoms. The zero-order valence-corrected chi connectivity index (χ0v) is 15.3. The Bertz CT molecular complexity index is 436. The zero-order chi connectivity index (χ0) is 17.7. The van der Waals surface area contributed by atoms with Crippen LogP contribution in [0.1, 0.15) is 27.2 Å². The third-order valence-corrected chi connectivity index (χ3v) is 5.10. The van der Waals surface area contributed by atoms with Crippen molar-refractivity contribution in [1.82, 2.24) is 19.6 Å². The van der Waals surface area contributed by atoms with Crippen LogP contribution in [0.25, 0.3) is 0 Å². The highest BCUT2D eigenvalue weighted by Gasteiger charge is 2.29. The van der Waals surface area contributed by atoms with Gasteiger partial charge in [0.1, 0.15) is 0 Å². The van der Waals surface area contributed by atoms with Crippen LogP contribution < -0.4 is 0 Å². The van der Waals surface area contributed by atoms with Gasteiger partial charge in [-0.25, -0.2) is 0 Å². The Morgan fingerprint density at radius 1 is 1.08 bits per heavy atom. The molecule has 2 saturated heterocycles. The predicted octanol–water partition coefficient (Wildman–Crippen LogP) is -0.546. The molecule has 0 bridgehead atoms. The van der Waals surface area contributed by atoms with Gasteiger partial charge in [0.05, 0.1) is 12.6 Å². The fraction of sp³-hybridized carbons (Fsp3) is 0.882. The van der Waals surface area contributed by atoms with Gasteiger partial charge in [-0.05, 0) is 13.3 Å². The van der Waals surface area contributed by atoms with Crippen LogP contribution in [-0.4, -0.2) is 108 Å². The Balaban J connectivity index is 1.79. The highest BCUT2D eigenvalue weighted by atomic mass is 16.3. The summed E-state index contributed by atoms with van der Waals surface area (Å²) in [5.74, 6) is 0.249. The standard InChI is InChI=1S/C17H32N4O3/c1-4-16-12-18(5-6-21(16)11-14(2)22)13-17(24)20-9-7-19(8-10-20)15(3)23/h14,16,22H,4-13H2,1-3H3. The van der Waals surface area contributed by atoms with Crippen LogP contribution in [0.4, 0.5) is 0 Å². The Morgan fingerprint density at radius 3 is 2.25 bits per heavy atom. The molecule has 0 aromatic heterocycles. The molecule has 1 N–H and O–H groups in total. The van der Waals surface area contributed by atoms with Gasteiger partial charge < -0.3 is 14.9 Å². The van der Waals surface area contributed by atoms with E-state index >= 15 is 0 Å². The summed E-state index contributed by atoms with van der Waals surface area (Å²) in [6, 6.07) is 0.399. The summed E-state index contributed by atoms with van der Waals surface area (Å²) in [5, 5.41) is 9.62. The molecule has 138 valence electrons. The van der Waals surface area contributed by atoms with Crippen molar-refractivity contribution in [3.63, 3.8) is 0 Å². The van der Waals surface area contributed by atoms with Crippen molar-refractivity contribution in [2.75, 3.05) is 58.9 Å². The maximum Gasteiger partial charge on any atom is 0.236 e. The zero-order valence-electron chi connectivity index (χ0n) is 15.3. The first kappa shape index (κ1) is 19.1. The first-order valence-electron chi connectivity index (χ1n) is 9.08. The summed E-state index contributed by atoms with van der Waals surface area (Å²) in [6.45, 7) is 11.9. The number of aliphatic hydroxyl groups excluding tert-OH is 1. The van der Waals surface area contributed by atoms with Gasteiger partial charge in [0.15, 0.2) is 0 Å². The van der Waals surface area contributed by atoms with Crippen LogP contribution in [0, 0.1) is 0 Å². The highest BCUT2D eigenvalue weighted by molar-refractivity contribution is 5.79. The lowest BCUT2D eigenvalue weighted by Gasteiger charge is -2.42. The van der Waals surface area contributed by atoms with Crippen LogP contribution in [0.3, 0.4) is 0 Å². The summed E-state index contributed by atoms with van der Waals surface area (Å²) in [4.78, 5) is 32.1. The smallest absolute Gasteiger partial charge is 0.236 e. The number of hydrogen-bond acceptors (Lipinski definition) is 5. The Labute approximate surface area is 145 Å². The fourth-order valence-corrected chi connectivity index (χ4v) is 3.63. The average Bonchev–Trinajstić information content (AvgIpc) is 2.55. The minimum Gasteiger partial charge on any atom is -0.392 e. The first-order chi connectivity index (χ1) is 11.4. The Kier molecular flexibility index (Phi) is 7.01. The molecule has 7 heteroatoms. The van der Waals surface area contributed by atoms with Gasteiger partial charge in [0.25, 0.3) is 0 Å². The lowest BCUT2D eigenvalue weighted by molar-refractivity contribution is -0.139. The molecule has 24 heavy (non-hydrogen) atoms. The van der Waals surface area contributed by atoms with E-state index in [-0.39, 0.29) is 17.9 Å². The monoisotopic (exact) mass is 340 g/mol. The molecule has 7 nitrogen and oxygen atoms in total. The van der Waals surface area contributed by atoms with E-state index in [1.54, 1.807) is 11.8 Å². The van der Waals surface area contributed by atoms with Gasteiger partial charge in [0.2, 0.25) is 11.8 Å². The molecule has 0 aliphatic carbocycles. The van der Waals surface area contributed by atoms with Crippen LogP contribution in [0.5, 0.6) is 0 Å². The maximum absolute atomic E-state index is 12.5. The van der Waals surface area contributed by atoms with Gasteiger partial charge in [-0.3, -0.25) is 19.4 Å². The molecule has 2 rings (SSSR count). The molecule has 2 aliphatic rings. The molecule has 2 heterocycles. The van der Waals surface area contributed by atoms with Crippen molar-refractivity contribution >= 4 is 11.8 Å². The van der Waals surface area contributed by atoms with E-state index in [0.717, 1.165) is 26.1 Å². The van der Waals surface area contributed by atoms with Crippen LogP contribution in [-0.2, 0) is 9.59 Å². The minimum absolute atomic E-state index is 0.0853. The number of aliphatic hydroxyl groups is 1. The Hall–Kier alpha value is -1.18. The second-order valence-electron chi connectivity index (χ2n) is 7.03. The molecule has 2 unspecified atom stereocenters. The largest absolute Gasteiger partial charge is 0.392 e. The summed E-state index contributed by atoms with van der Waals surface area (Å²) >= 11 is 0. The lowest BCUT2D eigenvalue weighted by atomic mass is 10.1. The van der Waals surface area contributed by atoms with E-state index in [1.165, 1.54) is 0 Å². The number of amides is 2. The average molecular weight is 340 g/mol. The molecule has 0 saturated carbocycles. The quantitative estimate of drug-likeness (QED) is 0.728. The second kappa shape index (κ2) is 8.78. The molecule has 2 atom stereocenters. The van der Waals surface area contributed by atoms with E-state index in [4.69, 9.17) is 0 Å². The van der Waals surface area contributed by atoms with Crippen LogP contribution in [0.2, 0.25) is 0 Å². The third kappa shape index (κ3) is 5.16. The van der Waals surface area contributed by atoms with E-state index in [2.05, 4.69) is 16.7 Å². The van der Waals surface area contributed by atoms with Gasteiger partial charge in [0, 0.05) is 65.3 Å². The van der Waals surface area contributed by atoms with Crippen molar-refractivity contribution in [3.05, 3.63) is 0 Å². The molecule has 2 fully saturated rings. The van der Waals surface area contributed by atoms with Crippen LogP contribution in [0.15, 0.2) is 0 Å². The van der Waals surface area contributed by atoms with Crippen molar-refractivity contribution in [2.45, 2.75) is 39.3 Å². The normalized spacial score (nSPS) is 24.9. The number of carbonyl (C=O) groups excluding carboxylic acids is 2. The predicted molar refractivity (Wildman–Crippen MR) is 92.6 cm³/mol. The number of piperazine rings is 2. The van der Waals surface area contributed by atoms with E-state index in [9.17, 15) is 14.7 Å². The molecular weight excluding hydrogens is 308 g/mol. The number of rotatable bonds is 5. The SMILES string of the molecule is CCC1CN(CC(=O)N2CCN(C(C)=O)CC2)CCN1CC(C)O. The maximum atomic E-state index is 12.5. The topological polar surface area (TPSA) is 67.3 Å². The van der Waals surface area contributed by atoms with E-state index < -0.39 is 0 Å². The Morgan fingerprint density at radius 2 is 1.71 bits per heavy atom. The number of carbonyl (C=O) groups is 2. The molecule has 0 aromatic carbocycles. The van der Waals surface area contributed by atoms with Crippen molar-refractivity contribution in [1.29, 1.82) is 0 Å². The van der Waals surface area contributed by atoms with Crippen molar-refractivity contribution < 1.29 is 14.7 Å². The summed E-state index contributed by atoms with van der Waals surface area (Å²) in [6.07, 6.45) is 0.708. The number of β-amino-alcohol motifs (C(OH)–C–C–N with tert-alkyl or cyclic N) is 1. The van der Waals surface area contributed by atoms with Gasteiger partial charge in [-0.15, -0.1) is 0 Å². The van der Waals surface area contributed by atoms with E-state index in [0.29, 0.717) is 45.3 Å². The summed E-state index contributed by atoms with van der Waals surface area (Å²) < 4.78 is 0. The molecule has 2 amide bonds. The highest BCUT2D eigenvalue weighted by Crippen LogP contribution is 2.14. The third-order valence-electron chi connectivity index (χ3n) is 5.10. The summed E-state index contributed by atoms with van der Waals surface area (Å²) in [7, 11) is 0. The van der Waals surface area contributed by atoms with Gasteiger partial charge in [-0.2, -0.15) is 0 Å². The number of nitrogens with zero attached hydrogens (tertiary/aromatic N) is 4. The fourth-order valence-electron chi connectivity index (χ4n) is 3.63. The lowest BCUT2D eigenvalue weighted by Crippen LogP contribution is -2.57. The number of hydrogen-bond donors (Lipinski definition) is 1. The molecule has 2 aliphatic heterocycles. The molecular formula is C17H32N4O3. The van der Waals surface area contributed by atoms with Crippen molar-refractivity contribution in [3.8, 4) is 0 Å². The second-order valence-corrected chi connectivity index (χ2v) is 7.03. The van der Waals surface area contributed by atoms with Gasteiger partial charge in [-0.1, -0.05) is 6.92 Å². The summed E-state index contributed by atoms with van der Waals surface area (Å²) in [5.41, 5.74) is 0. The van der Waals surface area contributed by atoms with E-state index in [1.807, 2.05) is 11.8 Å². The molecule has 0 aromatic rings.